The molecule has 1 rings (SSSR count). The molecule has 0 aliphatic heterocycles. The van der Waals surface area contributed by atoms with Crippen molar-refractivity contribution in [1.82, 2.24) is 0 Å². The van der Waals surface area contributed by atoms with Gasteiger partial charge in [0.15, 0.2) is 0 Å². The number of benzene rings is 1. The maximum atomic E-state index is 12.1. The SMILES string of the molecule is CC(CCN)c1ccccc1OC(F)F. The minimum atomic E-state index is -2.78. The lowest BCUT2D eigenvalue weighted by Crippen LogP contribution is -2.08. The molecule has 0 aromatic heterocycles. The Morgan fingerprint density at radius 1 is 1.33 bits per heavy atom. The van der Waals surface area contributed by atoms with Crippen molar-refractivity contribution in [3.63, 3.8) is 0 Å². The van der Waals surface area contributed by atoms with Crippen LogP contribution in [-0.2, 0) is 0 Å². The Morgan fingerprint density at radius 2 is 2.00 bits per heavy atom. The first kappa shape index (κ1) is 11.9. The summed E-state index contributed by atoms with van der Waals surface area (Å²) in [6.07, 6.45) is 0.754. The molecule has 0 saturated carbocycles. The summed E-state index contributed by atoms with van der Waals surface area (Å²) >= 11 is 0. The second-order valence-electron chi connectivity index (χ2n) is 3.39. The summed E-state index contributed by atoms with van der Waals surface area (Å²) in [4.78, 5) is 0. The second-order valence-corrected chi connectivity index (χ2v) is 3.39. The molecule has 15 heavy (non-hydrogen) atoms. The summed E-state index contributed by atoms with van der Waals surface area (Å²) in [5.41, 5.74) is 6.21. The molecule has 2 nitrogen and oxygen atoms in total. The molecule has 84 valence electrons. The molecular formula is C11H15F2NO. The van der Waals surface area contributed by atoms with Crippen molar-refractivity contribution in [2.75, 3.05) is 6.54 Å². The number of rotatable bonds is 5. The molecule has 0 bridgehead atoms. The maximum absolute atomic E-state index is 12.1. The van der Waals surface area contributed by atoms with Crippen molar-refractivity contribution >= 4 is 0 Å². The average Bonchev–Trinajstić information content (AvgIpc) is 2.18. The normalized spacial score (nSPS) is 12.9. The third kappa shape index (κ3) is 3.47. The molecule has 4 heteroatoms. The van der Waals surface area contributed by atoms with Crippen LogP contribution in [0.5, 0.6) is 5.75 Å². The average molecular weight is 215 g/mol. The number of hydrogen-bond donors (Lipinski definition) is 1. The van der Waals surface area contributed by atoms with Gasteiger partial charge < -0.3 is 10.5 Å². The van der Waals surface area contributed by atoms with Gasteiger partial charge in [0.05, 0.1) is 0 Å². The van der Waals surface area contributed by atoms with Gasteiger partial charge in [-0.15, -0.1) is 0 Å². The quantitative estimate of drug-likeness (QED) is 0.819. The summed E-state index contributed by atoms with van der Waals surface area (Å²) in [5.74, 6) is 0.374. The molecule has 0 heterocycles. The zero-order chi connectivity index (χ0) is 11.3. The summed E-state index contributed by atoms with van der Waals surface area (Å²) in [5, 5.41) is 0. The Morgan fingerprint density at radius 3 is 2.60 bits per heavy atom. The minimum absolute atomic E-state index is 0.130. The van der Waals surface area contributed by atoms with E-state index in [0.29, 0.717) is 6.54 Å². The molecule has 1 aromatic carbocycles. The van der Waals surface area contributed by atoms with Crippen molar-refractivity contribution in [2.24, 2.45) is 5.73 Å². The fourth-order valence-corrected chi connectivity index (χ4v) is 1.50. The molecule has 0 aliphatic rings. The number of para-hydroxylation sites is 1. The molecule has 1 aromatic rings. The van der Waals surface area contributed by atoms with Gasteiger partial charge in [-0.3, -0.25) is 0 Å². The van der Waals surface area contributed by atoms with Crippen molar-refractivity contribution in [3.8, 4) is 5.75 Å². The standard InChI is InChI=1S/C11H15F2NO/c1-8(6-7-14)9-4-2-3-5-10(9)15-11(12)13/h2-5,8,11H,6-7,14H2,1H3. The Kier molecular flexibility index (Phi) is 4.49. The highest BCUT2D eigenvalue weighted by Crippen LogP contribution is 2.29. The highest BCUT2D eigenvalue weighted by molar-refractivity contribution is 5.35. The van der Waals surface area contributed by atoms with E-state index in [9.17, 15) is 8.78 Å². The molecule has 0 amide bonds. The zero-order valence-electron chi connectivity index (χ0n) is 8.62. The monoisotopic (exact) mass is 215 g/mol. The van der Waals surface area contributed by atoms with Gasteiger partial charge >= 0.3 is 6.61 Å². The highest BCUT2D eigenvalue weighted by atomic mass is 19.3. The first-order valence-corrected chi connectivity index (χ1v) is 4.89. The number of ether oxygens (including phenoxy) is 1. The summed E-state index contributed by atoms with van der Waals surface area (Å²) < 4.78 is 28.6. The van der Waals surface area contributed by atoms with Crippen molar-refractivity contribution < 1.29 is 13.5 Å². The van der Waals surface area contributed by atoms with Gasteiger partial charge in [0.25, 0.3) is 0 Å². The third-order valence-corrected chi connectivity index (χ3v) is 2.27. The molecule has 1 unspecified atom stereocenters. The number of hydrogen-bond acceptors (Lipinski definition) is 2. The van der Waals surface area contributed by atoms with Gasteiger partial charge in [-0.2, -0.15) is 8.78 Å². The van der Waals surface area contributed by atoms with E-state index in [4.69, 9.17) is 5.73 Å². The minimum Gasteiger partial charge on any atom is -0.435 e. The van der Waals surface area contributed by atoms with E-state index < -0.39 is 6.61 Å². The van der Waals surface area contributed by atoms with Crippen molar-refractivity contribution in [2.45, 2.75) is 25.9 Å². The molecular weight excluding hydrogens is 200 g/mol. The molecule has 0 spiro atoms. The van der Waals surface area contributed by atoms with Crippen molar-refractivity contribution in [1.29, 1.82) is 0 Å². The van der Waals surface area contributed by atoms with E-state index in [1.165, 1.54) is 0 Å². The van der Waals surface area contributed by atoms with E-state index in [1.54, 1.807) is 24.3 Å². The lowest BCUT2D eigenvalue weighted by atomic mass is 9.97. The fraction of sp³-hybridized carbons (Fsp3) is 0.455. The second kappa shape index (κ2) is 5.66. The number of halogens is 2. The predicted octanol–water partition coefficient (Wildman–Crippen LogP) is 2.74. The van der Waals surface area contributed by atoms with Crippen LogP contribution in [0, 0.1) is 0 Å². The molecule has 1 atom stereocenters. The van der Waals surface area contributed by atoms with Gasteiger partial charge in [-0.25, -0.2) is 0 Å². The van der Waals surface area contributed by atoms with E-state index >= 15 is 0 Å². The highest BCUT2D eigenvalue weighted by Gasteiger charge is 2.13. The number of nitrogens with two attached hydrogens (primary N) is 1. The van der Waals surface area contributed by atoms with Crippen LogP contribution in [0.1, 0.15) is 24.8 Å². The van der Waals surface area contributed by atoms with Gasteiger partial charge in [-0.05, 0) is 30.5 Å². The van der Waals surface area contributed by atoms with Crippen LogP contribution in [0.15, 0.2) is 24.3 Å². The Labute approximate surface area is 88.0 Å². The van der Waals surface area contributed by atoms with Crippen LogP contribution in [0.3, 0.4) is 0 Å². The topological polar surface area (TPSA) is 35.2 Å². The van der Waals surface area contributed by atoms with Crippen LogP contribution >= 0.6 is 0 Å². The van der Waals surface area contributed by atoms with Gasteiger partial charge in [-0.1, -0.05) is 25.1 Å². The number of alkyl halides is 2. The Bertz CT molecular complexity index is 304. The molecule has 0 saturated heterocycles. The van der Waals surface area contributed by atoms with E-state index in [2.05, 4.69) is 4.74 Å². The molecule has 0 aliphatic carbocycles. The Hall–Kier alpha value is -1.16. The summed E-state index contributed by atoms with van der Waals surface area (Å²) in [7, 11) is 0. The van der Waals surface area contributed by atoms with E-state index in [0.717, 1.165) is 12.0 Å². The third-order valence-electron chi connectivity index (χ3n) is 2.27. The fourth-order valence-electron chi connectivity index (χ4n) is 1.50. The first-order valence-electron chi connectivity index (χ1n) is 4.89. The lowest BCUT2D eigenvalue weighted by Gasteiger charge is -2.15. The summed E-state index contributed by atoms with van der Waals surface area (Å²) in [6.45, 7) is -0.304. The Balaban J connectivity index is 2.85. The van der Waals surface area contributed by atoms with Crippen LogP contribution in [-0.4, -0.2) is 13.2 Å². The molecule has 0 radical (unpaired) electrons. The van der Waals surface area contributed by atoms with Crippen molar-refractivity contribution in [3.05, 3.63) is 29.8 Å². The molecule has 0 fully saturated rings. The van der Waals surface area contributed by atoms with Gasteiger partial charge in [0, 0.05) is 0 Å². The van der Waals surface area contributed by atoms with Crippen LogP contribution in [0.2, 0.25) is 0 Å². The lowest BCUT2D eigenvalue weighted by molar-refractivity contribution is -0.0506. The smallest absolute Gasteiger partial charge is 0.387 e. The summed E-state index contributed by atoms with van der Waals surface area (Å²) in [6, 6.07) is 6.82. The van der Waals surface area contributed by atoms with Crippen LogP contribution in [0.25, 0.3) is 0 Å². The van der Waals surface area contributed by atoms with E-state index in [1.807, 2.05) is 6.92 Å². The van der Waals surface area contributed by atoms with Gasteiger partial charge in [0.1, 0.15) is 5.75 Å². The predicted molar refractivity (Wildman–Crippen MR) is 55.2 cm³/mol. The van der Waals surface area contributed by atoms with E-state index in [-0.39, 0.29) is 11.7 Å². The first-order chi connectivity index (χ1) is 7.15. The maximum Gasteiger partial charge on any atom is 0.387 e. The zero-order valence-corrected chi connectivity index (χ0v) is 8.62. The van der Waals surface area contributed by atoms with Crippen LogP contribution in [0.4, 0.5) is 8.78 Å². The van der Waals surface area contributed by atoms with Gasteiger partial charge in [0.2, 0.25) is 0 Å². The molecule has 2 N–H and O–H groups in total. The largest absolute Gasteiger partial charge is 0.435 e. The van der Waals surface area contributed by atoms with Crippen LogP contribution < -0.4 is 10.5 Å².